The molecule has 0 bridgehead atoms. The van der Waals surface area contributed by atoms with Crippen molar-refractivity contribution in [1.82, 2.24) is 14.5 Å². The molecule has 0 fully saturated rings. The van der Waals surface area contributed by atoms with Crippen LogP contribution in [0.25, 0.3) is 0 Å². The molecule has 0 spiro atoms. The summed E-state index contributed by atoms with van der Waals surface area (Å²) >= 11 is 0. The van der Waals surface area contributed by atoms with E-state index in [0.29, 0.717) is 13.1 Å². The second-order valence-corrected chi connectivity index (χ2v) is 3.89. The molecule has 0 aliphatic heterocycles. The highest BCUT2D eigenvalue weighted by Crippen LogP contribution is 2.07. The van der Waals surface area contributed by atoms with Crippen molar-refractivity contribution < 1.29 is 5.11 Å². The van der Waals surface area contributed by atoms with Gasteiger partial charge in [0.05, 0.1) is 5.56 Å². The Morgan fingerprint density at radius 3 is 2.41 bits per heavy atom. The number of hydrogen-bond donors (Lipinski definition) is 2. The number of aromatic amines is 1. The summed E-state index contributed by atoms with van der Waals surface area (Å²) in [4.78, 5) is 27.1. The zero-order valence-electron chi connectivity index (χ0n) is 10.5. The van der Waals surface area contributed by atoms with Gasteiger partial charge in [0.1, 0.15) is 0 Å². The minimum atomic E-state index is -0.565. The van der Waals surface area contributed by atoms with E-state index in [1.807, 2.05) is 13.8 Å². The van der Waals surface area contributed by atoms with Crippen LogP contribution in [0.4, 0.5) is 0 Å². The van der Waals surface area contributed by atoms with E-state index in [-0.39, 0.29) is 11.4 Å². The maximum Gasteiger partial charge on any atom is 0.331 e. The molecular weight excluding hydrogens is 222 g/mol. The van der Waals surface area contributed by atoms with Gasteiger partial charge in [-0.3, -0.25) is 14.3 Å². The summed E-state index contributed by atoms with van der Waals surface area (Å²) in [6, 6.07) is 0. The van der Waals surface area contributed by atoms with Crippen molar-refractivity contribution in [3.8, 4) is 5.88 Å². The minimum absolute atomic E-state index is 0.171. The number of rotatable bonds is 5. The summed E-state index contributed by atoms with van der Waals surface area (Å²) in [5.41, 5.74) is -0.930. The molecule has 1 aromatic rings. The first-order valence-corrected chi connectivity index (χ1v) is 5.76. The Balaban J connectivity index is 2.96. The van der Waals surface area contributed by atoms with Gasteiger partial charge in [-0.15, -0.1) is 0 Å². The third-order valence-electron chi connectivity index (χ3n) is 2.93. The lowest BCUT2D eigenvalue weighted by atomic mass is 10.3. The van der Waals surface area contributed by atoms with Crippen LogP contribution in [0.15, 0.2) is 9.59 Å². The Kier molecular flexibility index (Phi) is 4.51. The zero-order chi connectivity index (χ0) is 13.0. The highest BCUT2D eigenvalue weighted by molar-refractivity contribution is 5.20. The summed E-state index contributed by atoms with van der Waals surface area (Å²) in [7, 11) is 0. The zero-order valence-corrected chi connectivity index (χ0v) is 10.5. The number of aromatic nitrogens is 2. The Hall–Kier alpha value is -1.56. The third-order valence-corrected chi connectivity index (χ3v) is 2.93. The molecule has 1 aromatic heterocycles. The SMILES string of the molecule is CCN(CC)CCn1c(O)c(C)c(=O)[nH]c1=O. The Labute approximate surface area is 99.5 Å². The summed E-state index contributed by atoms with van der Waals surface area (Å²) in [5, 5.41) is 9.74. The van der Waals surface area contributed by atoms with Gasteiger partial charge in [0, 0.05) is 13.1 Å². The molecule has 0 saturated heterocycles. The van der Waals surface area contributed by atoms with Crippen LogP contribution in [0.3, 0.4) is 0 Å². The van der Waals surface area contributed by atoms with E-state index >= 15 is 0 Å². The fourth-order valence-corrected chi connectivity index (χ4v) is 1.65. The van der Waals surface area contributed by atoms with E-state index in [1.54, 1.807) is 0 Å². The fraction of sp³-hybridized carbons (Fsp3) is 0.636. The van der Waals surface area contributed by atoms with Gasteiger partial charge in [0.15, 0.2) is 0 Å². The molecule has 1 heterocycles. The number of hydrogen-bond acceptors (Lipinski definition) is 4. The van der Waals surface area contributed by atoms with Crippen LogP contribution in [0.2, 0.25) is 0 Å². The molecule has 0 unspecified atom stereocenters. The molecule has 0 amide bonds. The smallest absolute Gasteiger partial charge is 0.331 e. The van der Waals surface area contributed by atoms with Crippen molar-refractivity contribution in [2.24, 2.45) is 0 Å². The molecule has 0 aliphatic rings. The van der Waals surface area contributed by atoms with E-state index in [1.165, 1.54) is 11.5 Å². The van der Waals surface area contributed by atoms with E-state index < -0.39 is 11.2 Å². The van der Waals surface area contributed by atoms with Gasteiger partial charge in [0.25, 0.3) is 5.56 Å². The van der Waals surface area contributed by atoms with Gasteiger partial charge in [-0.2, -0.15) is 0 Å². The average molecular weight is 241 g/mol. The molecule has 0 radical (unpaired) electrons. The molecule has 0 saturated carbocycles. The summed E-state index contributed by atoms with van der Waals surface area (Å²) in [6.07, 6.45) is 0. The topological polar surface area (TPSA) is 78.3 Å². The molecule has 0 atom stereocenters. The second-order valence-electron chi connectivity index (χ2n) is 3.89. The van der Waals surface area contributed by atoms with Crippen molar-refractivity contribution in [2.45, 2.75) is 27.3 Å². The lowest BCUT2D eigenvalue weighted by Gasteiger charge is -2.19. The van der Waals surface area contributed by atoms with Gasteiger partial charge < -0.3 is 10.0 Å². The van der Waals surface area contributed by atoms with E-state index in [9.17, 15) is 14.7 Å². The van der Waals surface area contributed by atoms with Crippen LogP contribution in [0.5, 0.6) is 5.88 Å². The van der Waals surface area contributed by atoms with Crippen molar-refractivity contribution in [3.05, 3.63) is 26.4 Å². The van der Waals surface area contributed by atoms with Crippen molar-refractivity contribution in [2.75, 3.05) is 19.6 Å². The van der Waals surface area contributed by atoms with Crippen LogP contribution < -0.4 is 11.2 Å². The molecule has 1 rings (SSSR count). The minimum Gasteiger partial charge on any atom is -0.494 e. The molecule has 2 N–H and O–H groups in total. The normalized spacial score (nSPS) is 11.1. The lowest BCUT2D eigenvalue weighted by Crippen LogP contribution is -2.35. The van der Waals surface area contributed by atoms with Gasteiger partial charge in [-0.05, 0) is 20.0 Å². The van der Waals surface area contributed by atoms with E-state index in [2.05, 4.69) is 9.88 Å². The van der Waals surface area contributed by atoms with Crippen molar-refractivity contribution in [3.63, 3.8) is 0 Å². The van der Waals surface area contributed by atoms with Crippen LogP contribution in [-0.4, -0.2) is 39.2 Å². The monoisotopic (exact) mass is 241 g/mol. The number of likely N-dealkylation sites (N-methyl/N-ethyl adjacent to an activating group) is 1. The molecule has 6 heteroatoms. The Morgan fingerprint density at radius 1 is 1.29 bits per heavy atom. The third kappa shape index (κ3) is 2.97. The first-order chi connectivity index (χ1) is 8.01. The van der Waals surface area contributed by atoms with Crippen LogP contribution in [-0.2, 0) is 6.54 Å². The Morgan fingerprint density at radius 2 is 1.88 bits per heavy atom. The average Bonchev–Trinajstić information content (AvgIpc) is 2.31. The highest BCUT2D eigenvalue weighted by Gasteiger charge is 2.10. The largest absolute Gasteiger partial charge is 0.494 e. The summed E-state index contributed by atoms with van der Waals surface area (Å²) in [6.45, 7) is 8.34. The maximum absolute atomic E-state index is 11.5. The predicted octanol–water partition coefficient (Wildman–Crippen LogP) is -0.108. The fourth-order valence-electron chi connectivity index (χ4n) is 1.65. The van der Waals surface area contributed by atoms with Gasteiger partial charge in [-0.25, -0.2) is 4.79 Å². The van der Waals surface area contributed by atoms with Gasteiger partial charge in [0.2, 0.25) is 5.88 Å². The molecule has 0 aliphatic carbocycles. The summed E-state index contributed by atoms with van der Waals surface area (Å²) in [5.74, 6) is -0.245. The molecule has 6 nitrogen and oxygen atoms in total. The van der Waals surface area contributed by atoms with Gasteiger partial charge in [-0.1, -0.05) is 13.8 Å². The lowest BCUT2D eigenvalue weighted by molar-refractivity contribution is 0.278. The van der Waals surface area contributed by atoms with Crippen molar-refractivity contribution >= 4 is 0 Å². The summed E-state index contributed by atoms with van der Waals surface area (Å²) < 4.78 is 1.19. The number of nitrogens with zero attached hydrogens (tertiary/aromatic N) is 2. The standard InChI is InChI=1S/C11H19N3O3/c1-4-13(5-2)6-7-14-10(16)8(3)9(15)12-11(14)17/h16H,4-7H2,1-3H3,(H,12,15,17). The molecule has 0 aromatic carbocycles. The van der Waals surface area contributed by atoms with E-state index in [0.717, 1.165) is 13.1 Å². The number of nitrogens with one attached hydrogen (secondary N) is 1. The van der Waals surface area contributed by atoms with Crippen LogP contribution in [0, 0.1) is 6.92 Å². The van der Waals surface area contributed by atoms with Gasteiger partial charge >= 0.3 is 5.69 Å². The molecular formula is C11H19N3O3. The molecule has 96 valence electrons. The predicted molar refractivity (Wildman–Crippen MR) is 65.5 cm³/mol. The second kappa shape index (κ2) is 5.67. The number of H-pyrrole nitrogens is 1. The number of aromatic hydroxyl groups is 1. The Bertz CT molecular complexity index is 486. The van der Waals surface area contributed by atoms with Crippen LogP contribution in [0.1, 0.15) is 19.4 Å². The van der Waals surface area contributed by atoms with E-state index in [4.69, 9.17) is 0 Å². The van der Waals surface area contributed by atoms with Crippen molar-refractivity contribution in [1.29, 1.82) is 0 Å². The van der Waals surface area contributed by atoms with Crippen LogP contribution >= 0.6 is 0 Å². The first kappa shape index (κ1) is 13.5. The quantitative estimate of drug-likeness (QED) is 0.754. The molecule has 17 heavy (non-hydrogen) atoms. The first-order valence-electron chi connectivity index (χ1n) is 5.76. The maximum atomic E-state index is 11.5. The highest BCUT2D eigenvalue weighted by atomic mass is 16.3.